The summed E-state index contributed by atoms with van der Waals surface area (Å²) in [7, 11) is 0. The molecule has 1 fully saturated rings. The molecule has 1 saturated heterocycles. The second-order valence-electron chi connectivity index (χ2n) is 6.77. The number of para-hydroxylation sites is 1. The number of fused-ring (bicyclic) bond motifs is 1. The summed E-state index contributed by atoms with van der Waals surface area (Å²) in [6, 6.07) is 22.2. The number of amides is 1. The van der Waals surface area contributed by atoms with Gasteiger partial charge in [0.25, 0.3) is 5.91 Å². The van der Waals surface area contributed by atoms with Crippen molar-refractivity contribution in [2.75, 3.05) is 19.6 Å². The zero-order valence-electron chi connectivity index (χ0n) is 14.8. The molecular weight excluding hydrogens is 322 g/mol. The van der Waals surface area contributed by atoms with E-state index in [2.05, 4.69) is 39.5 Å². The number of pyridine rings is 1. The zero-order chi connectivity index (χ0) is 17.8. The van der Waals surface area contributed by atoms with Crippen LogP contribution in [0.1, 0.15) is 34.9 Å². The molecular formula is C22H23N3O. The molecule has 2 heterocycles. The van der Waals surface area contributed by atoms with Crippen LogP contribution in [0.5, 0.6) is 0 Å². The lowest BCUT2D eigenvalue weighted by molar-refractivity contribution is 0.0933. The van der Waals surface area contributed by atoms with E-state index in [0.717, 1.165) is 24.0 Å². The molecule has 26 heavy (non-hydrogen) atoms. The maximum Gasteiger partial charge on any atom is 0.269 e. The topological polar surface area (TPSA) is 45.2 Å². The Kier molecular flexibility index (Phi) is 4.93. The van der Waals surface area contributed by atoms with Gasteiger partial charge in [0, 0.05) is 11.9 Å². The van der Waals surface area contributed by atoms with Crippen molar-refractivity contribution < 1.29 is 4.79 Å². The molecule has 0 radical (unpaired) electrons. The number of rotatable bonds is 5. The van der Waals surface area contributed by atoms with Crippen molar-refractivity contribution >= 4 is 16.8 Å². The minimum Gasteiger partial charge on any atom is -0.349 e. The molecule has 0 saturated carbocycles. The van der Waals surface area contributed by atoms with Gasteiger partial charge < -0.3 is 5.32 Å². The standard InChI is InChI=1S/C22H23N3O/c26-22(20-13-12-17-8-4-5-11-19(17)24-20)23-16-21(25-14-6-7-15-25)18-9-2-1-3-10-18/h1-5,8-13,21H,6-7,14-16H2,(H,23,26)/t21-/m1/s1. The molecule has 2 aromatic carbocycles. The van der Waals surface area contributed by atoms with Crippen LogP contribution in [0, 0.1) is 0 Å². The summed E-state index contributed by atoms with van der Waals surface area (Å²) in [5, 5.41) is 4.14. The van der Waals surface area contributed by atoms with Gasteiger partial charge in [0.2, 0.25) is 0 Å². The van der Waals surface area contributed by atoms with Gasteiger partial charge in [-0.3, -0.25) is 9.69 Å². The largest absolute Gasteiger partial charge is 0.349 e. The summed E-state index contributed by atoms with van der Waals surface area (Å²) in [6.45, 7) is 2.77. The Bertz CT molecular complexity index is 888. The van der Waals surface area contributed by atoms with Crippen LogP contribution in [0.2, 0.25) is 0 Å². The highest BCUT2D eigenvalue weighted by Gasteiger charge is 2.24. The second-order valence-corrected chi connectivity index (χ2v) is 6.77. The first kappa shape index (κ1) is 16.7. The van der Waals surface area contributed by atoms with Crippen molar-refractivity contribution in [1.82, 2.24) is 15.2 Å². The Morgan fingerprint density at radius 2 is 1.69 bits per heavy atom. The molecule has 0 aliphatic carbocycles. The molecule has 1 amide bonds. The molecule has 132 valence electrons. The van der Waals surface area contributed by atoms with E-state index in [1.54, 1.807) is 6.07 Å². The molecule has 1 aliphatic rings. The maximum atomic E-state index is 12.6. The number of benzene rings is 2. The van der Waals surface area contributed by atoms with Gasteiger partial charge >= 0.3 is 0 Å². The van der Waals surface area contributed by atoms with Gasteiger partial charge in [-0.15, -0.1) is 0 Å². The van der Waals surface area contributed by atoms with E-state index >= 15 is 0 Å². The summed E-state index contributed by atoms with van der Waals surface area (Å²) in [5.41, 5.74) is 2.57. The number of carbonyl (C=O) groups excluding carboxylic acids is 1. The van der Waals surface area contributed by atoms with Crippen LogP contribution in [-0.4, -0.2) is 35.4 Å². The highest BCUT2D eigenvalue weighted by atomic mass is 16.1. The predicted octanol–water partition coefficient (Wildman–Crippen LogP) is 3.80. The van der Waals surface area contributed by atoms with Crippen molar-refractivity contribution in [3.8, 4) is 0 Å². The zero-order valence-corrected chi connectivity index (χ0v) is 14.8. The predicted molar refractivity (Wildman–Crippen MR) is 104 cm³/mol. The smallest absolute Gasteiger partial charge is 0.269 e. The van der Waals surface area contributed by atoms with Crippen LogP contribution in [-0.2, 0) is 0 Å². The third-order valence-electron chi connectivity index (χ3n) is 5.05. The lowest BCUT2D eigenvalue weighted by atomic mass is 10.1. The quantitative estimate of drug-likeness (QED) is 0.765. The third kappa shape index (κ3) is 3.60. The van der Waals surface area contributed by atoms with E-state index in [1.165, 1.54) is 18.4 Å². The second kappa shape index (κ2) is 7.67. The van der Waals surface area contributed by atoms with Gasteiger partial charge in [-0.2, -0.15) is 0 Å². The van der Waals surface area contributed by atoms with Crippen LogP contribution < -0.4 is 5.32 Å². The molecule has 1 N–H and O–H groups in total. The Hall–Kier alpha value is -2.72. The summed E-state index contributed by atoms with van der Waals surface area (Å²) in [6.07, 6.45) is 2.45. The van der Waals surface area contributed by atoms with E-state index in [4.69, 9.17) is 0 Å². The van der Waals surface area contributed by atoms with E-state index in [0.29, 0.717) is 12.2 Å². The normalized spacial score (nSPS) is 15.8. The van der Waals surface area contributed by atoms with E-state index in [-0.39, 0.29) is 11.9 Å². The lowest BCUT2D eigenvalue weighted by Gasteiger charge is -2.28. The molecule has 1 aromatic heterocycles. The monoisotopic (exact) mass is 345 g/mol. The fraction of sp³-hybridized carbons (Fsp3) is 0.273. The number of likely N-dealkylation sites (tertiary alicyclic amines) is 1. The molecule has 4 heteroatoms. The number of nitrogens with one attached hydrogen (secondary N) is 1. The van der Waals surface area contributed by atoms with Crippen molar-refractivity contribution in [1.29, 1.82) is 0 Å². The molecule has 0 bridgehead atoms. The van der Waals surface area contributed by atoms with Gasteiger partial charge in [-0.1, -0.05) is 54.6 Å². The number of hydrogen-bond acceptors (Lipinski definition) is 3. The van der Waals surface area contributed by atoms with Crippen LogP contribution in [0.25, 0.3) is 10.9 Å². The number of nitrogens with zero attached hydrogens (tertiary/aromatic N) is 2. The van der Waals surface area contributed by atoms with Gasteiger partial charge in [0.1, 0.15) is 5.69 Å². The van der Waals surface area contributed by atoms with Gasteiger partial charge in [-0.05, 0) is 43.6 Å². The van der Waals surface area contributed by atoms with Gasteiger partial charge in [0.05, 0.1) is 11.6 Å². The average Bonchev–Trinajstić information content (AvgIpc) is 3.23. The molecule has 0 unspecified atom stereocenters. The highest BCUT2D eigenvalue weighted by molar-refractivity contribution is 5.94. The first-order chi connectivity index (χ1) is 12.8. The highest BCUT2D eigenvalue weighted by Crippen LogP contribution is 2.24. The average molecular weight is 345 g/mol. The molecule has 1 atom stereocenters. The minimum atomic E-state index is -0.115. The Morgan fingerprint density at radius 1 is 0.962 bits per heavy atom. The fourth-order valence-corrected chi connectivity index (χ4v) is 3.66. The van der Waals surface area contributed by atoms with Gasteiger partial charge in [0.15, 0.2) is 0 Å². The Balaban J connectivity index is 1.50. The van der Waals surface area contributed by atoms with E-state index < -0.39 is 0 Å². The fourth-order valence-electron chi connectivity index (χ4n) is 3.66. The third-order valence-corrected chi connectivity index (χ3v) is 5.05. The van der Waals surface area contributed by atoms with Gasteiger partial charge in [-0.25, -0.2) is 4.98 Å². The van der Waals surface area contributed by atoms with Crippen LogP contribution in [0.4, 0.5) is 0 Å². The van der Waals surface area contributed by atoms with Crippen molar-refractivity contribution in [2.45, 2.75) is 18.9 Å². The molecule has 1 aliphatic heterocycles. The molecule has 0 spiro atoms. The molecule has 3 aromatic rings. The Labute approximate surface area is 153 Å². The minimum absolute atomic E-state index is 0.115. The summed E-state index contributed by atoms with van der Waals surface area (Å²) < 4.78 is 0. The van der Waals surface area contributed by atoms with E-state index in [9.17, 15) is 4.79 Å². The SMILES string of the molecule is O=C(NC[C@H](c1ccccc1)N1CCCC1)c1ccc2ccccc2n1. The number of carbonyl (C=O) groups is 1. The molecule has 4 rings (SSSR count). The lowest BCUT2D eigenvalue weighted by Crippen LogP contribution is -2.37. The summed E-state index contributed by atoms with van der Waals surface area (Å²) >= 11 is 0. The summed E-state index contributed by atoms with van der Waals surface area (Å²) in [4.78, 5) is 19.6. The van der Waals surface area contributed by atoms with Crippen LogP contribution in [0.15, 0.2) is 66.7 Å². The van der Waals surface area contributed by atoms with Crippen molar-refractivity contribution in [3.05, 3.63) is 78.0 Å². The molecule has 4 nitrogen and oxygen atoms in total. The first-order valence-electron chi connectivity index (χ1n) is 9.24. The Morgan fingerprint density at radius 3 is 2.50 bits per heavy atom. The van der Waals surface area contributed by atoms with E-state index in [1.807, 2.05) is 36.4 Å². The number of aromatic nitrogens is 1. The summed E-state index contributed by atoms with van der Waals surface area (Å²) in [5.74, 6) is -0.115. The van der Waals surface area contributed by atoms with Crippen LogP contribution in [0.3, 0.4) is 0 Å². The van der Waals surface area contributed by atoms with Crippen molar-refractivity contribution in [3.63, 3.8) is 0 Å². The van der Waals surface area contributed by atoms with Crippen LogP contribution >= 0.6 is 0 Å². The maximum absolute atomic E-state index is 12.6. The number of hydrogen-bond donors (Lipinski definition) is 1. The first-order valence-corrected chi connectivity index (χ1v) is 9.24. The van der Waals surface area contributed by atoms with Crippen molar-refractivity contribution in [2.24, 2.45) is 0 Å².